The Balaban J connectivity index is 1.55. The van der Waals surface area contributed by atoms with E-state index in [1.165, 1.54) is 0 Å². The van der Waals surface area contributed by atoms with Gasteiger partial charge in [-0.3, -0.25) is 14.4 Å². The van der Waals surface area contributed by atoms with Gasteiger partial charge in [-0.2, -0.15) is 0 Å². The number of piperidine rings is 1. The van der Waals surface area contributed by atoms with Crippen LogP contribution in [0.3, 0.4) is 0 Å². The number of aliphatic carboxylic acids is 1. The first kappa shape index (κ1) is 18.5. The number of hydrogen-bond acceptors (Lipinski definition) is 3. The number of aromatic nitrogens is 1. The number of amides is 2. The van der Waals surface area contributed by atoms with Gasteiger partial charge >= 0.3 is 5.97 Å². The number of nitrogens with one attached hydrogen (secondary N) is 1. The smallest absolute Gasteiger partial charge is 0.309 e. The Bertz CT molecular complexity index is 985. The van der Waals surface area contributed by atoms with Crippen molar-refractivity contribution in [1.82, 2.24) is 14.8 Å². The zero-order valence-electron chi connectivity index (χ0n) is 16.4. The molecule has 28 heavy (non-hydrogen) atoms. The van der Waals surface area contributed by atoms with Crippen molar-refractivity contribution in [1.29, 1.82) is 0 Å². The van der Waals surface area contributed by atoms with Crippen molar-refractivity contribution in [2.75, 3.05) is 20.1 Å². The quantitative estimate of drug-likeness (QED) is 0.832. The average Bonchev–Trinajstić information content (AvgIpc) is 3.10. The molecule has 7 heteroatoms. The molecule has 2 amide bonds. The molecule has 2 fully saturated rings. The summed E-state index contributed by atoms with van der Waals surface area (Å²) >= 11 is 0. The zero-order chi connectivity index (χ0) is 20.2. The molecule has 0 radical (unpaired) electrons. The van der Waals surface area contributed by atoms with Gasteiger partial charge in [0.05, 0.1) is 11.5 Å². The number of hydrogen-bond donors (Lipinski definition) is 2. The van der Waals surface area contributed by atoms with Crippen LogP contribution in [-0.2, 0) is 9.59 Å². The summed E-state index contributed by atoms with van der Waals surface area (Å²) in [7, 11) is 1.69. The summed E-state index contributed by atoms with van der Waals surface area (Å²) in [6.07, 6.45) is 1.02. The highest BCUT2D eigenvalue weighted by Crippen LogP contribution is 2.43. The zero-order valence-corrected chi connectivity index (χ0v) is 16.4. The van der Waals surface area contributed by atoms with Gasteiger partial charge in [-0.25, -0.2) is 0 Å². The summed E-state index contributed by atoms with van der Waals surface area (Å²) in [5.41, 5.74) is 3.19. The number of carbonyl (C=O) groups is 3. The molecular weight excluding hydrogens is 358 g/mol. The van der Waals surface area contributed by atoms with Crippen molar-refractivity contribution >= 4 is 28.7 Å². The first-order valence-corrected chi connectivity index (χ1v) is 9.62. The van der Waals surface area contributed by atoms with Crippen LogP contribution in [0.1, 0.15) is 40.9 Å². The van der Waals surface area contributed by atoms with E-state index in [4.69, 9.17) is 0 Å². The van der Waals surface area contributed by atoms with Crippen molar-refractivity contribution in [3.05, 3.63) is 35.0 Å². The fourth-order valence-electron chi connectivity index (χ4n) is 4.86. The lowest BCUT2D eigenvalue weighted by Gasteiger charge is -2.45. The second-order valence-electron chi connectivity index (χ2n) is 8.08. The summed E-state index contributed by atoms with van der Waals surface area (Å²) in [5, 5.41) is 10.6. The van der Waals surface area contributed by atoms with Crippen LogP contribution in [0.15, 0.2) is 18.2 Å². The Hall–Kier alpha value is -2.83. The van der Waals surface area contributed by atoms with Crippen molar-refractivity contribution in [3.63, 3.8) is 0 Å². The first-order chi connectivity index (χ1) is 13.2. The first-order valence-electron chi connectivity index (χ1n) is 9.62. The molecule has 148 valence electrons. The lowest BCUT2D eigenvalue weighted by molar-refractivity contribution is -0.145. The van der Waals surface area contributed by atoms with Crippen molar-refractivity contribution < 1.29 is 19.5 Å². The van der Waals surface area contributed by atoms with E-state index in [9.17, 15) is 19.5 Å². The molecule has 2 saturated heterocycles. The molecule has 0 bridgehead atoms. The fourth-order valence-corrected chi connectivity index (χ4v) is 4.86. The second kappa shape index (κ2) is 6.36. The number of carbonyl (C=O) groups excluding carboxylic acids is 2. The van der Waals surface area contributed by atoms with E-state index in [1.54, 1.807) is 16.8 Å². The molecule has 2 aliphatic rings. The molecule has 2 aliphatic heterocycles. The van der Waals surface area contributed by atoms with Gasteiger partial charge in [0.15, 0.2) is 0 Å². The van der Waals surface area contributed by atoms with Gasteiger partial charge in [0.1, 0.15) is 0 Å². The van der Waals surface area contributed by atoms with E-state index < -0.39 is 17.4 Å². The molecular formula is C21H25N3O4. The van der Waals surface area contributed by atoms with Crippen molar-refractivity contribution in [2.45, 2.75) is 38.6 Å². The number of rotatable bonds is 2. The molecule has 0 aliphatic carbocycles. The molecule has 1 atom stereocenters. The number of likely N-dealkylation sites (tertiary alicyclic amines) is 2. The number of aryl methyl sites for hydroxylation is 2. The molecule has 3 heterocycles. The van der Waals surface area contributed by atoms with Crippen molar-refractivity contribution in [3.8, 4) is 0 Å². The maximum atomic E-state index is 13.0. The maximum absolute atomic E-state index is 13.0. The Labute approximate surface area is 163 Å². The normalized spacial score (nSPS) is 21.7. The van der Waals surface area contributed by atoms with Gasteiger partial charge < -0.3 is 19.9 Å². The molecule has 1 unspecified atom stereocenters. The lowest BCUT2D eigenvalue weighted by atomic mass is 9.77. The Morgan fingerprint density at radius 1 is 1.21 bits per heavy atom. The van der Waals surface area contributed by atoms with Crippen LogP contribution in [0.25, 0.3) is 10.9 Å². The summed E-state index contributed by atoms with van der Waals surface area (Å²) in [5.74, 6) is -1.81. The topological polar surface area (TPSA) is 93.7 Å². The van der Waals surface area contributed by atoms with Gasteiger partial charge in [0.25, 0.3) is 5.91 Å². The van der Waals surface area contributed by atoms with E-state index in [1.807, 2.05) is 32.0 Å². The van der Waals surface area contributed by atoms with Gasteiger partial charge in [-0.05, 0) is 50.5 Å². The number of carboxylic acid groups (broad SMARTS) is 1. The standard InChI is InChI=1S/C21H25N3O4/c1-12-13(2)22-17-5-4-14(10-15(12)17)19(26)24-8-6-21(7-9-24)16(20(27)28)11-18(25)23(21)3/h4-5,10,16,22H,6-9,11H2,1-3H3,(H,27,28). The number of nitrogens with zero attached hydrogens (tertiary/aromatic N) is 2. The monoisotopic (exact) mass is 383 g/mol. The highest BCUT2D eigenvalue weighted by molar-refractivity contribution is 5.99. The van der Waals surface area contributed by atoms with E-state index in [-0.39, 0.29) is 18.2 Å². The van der Waals surface area contributed by atoms with E-state index in [2.05, 4.69) is 4.98 Å². The minimum atomic E-state index is -0.929. The van der Waals surface area contributed by atoms with Crippen LogP contribution in [-0.4, -0.2) is 63.4 Å². The minimum absolute atomic E-state index is 0.0442. The van der Waals surface area contributed by atoms with Crippen LogP contribution in [0.4, 0.5) is 0 Å². The second-order valence-corrected chi connectivity index (χ2v) is 8.08. The highest BCUT2D eigenvalue weighted by atomic mass is 16.4. The number of benzene rings is 1. The molecule has 2 N–H and O–H groups in total. The Morgan fingerprint density at radius 3 is 2.54 bits per heavy atom. The van der Waals surface area contributed by atoms with Crippen LogP contribution in [0.2, 0.25) is 0 Å². The largest absolute Gasteiger partial charge is 0.481 e. The summed E-state index contributed by atoms with van der Waals surface area (Å²) in [6.45, 7) is 4.94. The van der Waals surface area contributed by atoms with Gasteiger partial charge in [-0.1, -0.05) is 0 Å². The minimum Gasteiger partial charge on any atom is -0.481 e. The van der Waals surface area contributed by atoms with Crippen LogP contribution in [0.5, 0.6) is 0 Å². The summed E-state index contributed by atoms with van der Waals surface area (Å²) < 4.78 is 0. The third-order valence-corrected chi connectivity index (χ3v) is 6.84. The van der Waals surface area contributed by atoms with E-state index in [0.29, 0.717) is 31.5 Å². The lowest BCUT2D eigenvalue weighted by Crippen LogP contribution is -2.56. The van der Waals surface area contributed by atoms with E-state index >= 15 is 0 Å². The van der Waals surface area contributed by atoms with Crippen molar-refractivity contribution in [2.24, 2.45) is 5.92 Å². The molecule has 0 saturated carbocycles. The molecule has 7 nitrogen and oxygen atoms in total. The number of aromatic amines is 1. The molecule has 1 spiro atoms. The maximum Gasteiger partial charge on any atom is 0.309 e. The molecule has 2 aromatic rings. The van der Waals surface area contributed by atoms with Crippen LogP contribution < -0.4 is 0 Å². The Kier molecular flexibility index (Phi) is 4.21. The number of fused-ring (bicyclic) bond motifs is 1. The third-order valence-electron chi connectivity index (χ3n) is 6.84. The summed E-state index contributed by atoms with van der Waals surface area (Å²) in [6, 6.07) is 5.68. The van der Waals surface area contributed by atoms with Crippen LogP contribution >= 0.6 is 0 Å². The molecule has 4 rings (SSSR count). The molecule has 1 aromatic heterocycles. The predicted molar refractivity (Wildman–Crippen MR) is 104 cm³/mol. The Morgan fingerprint density at radius 2 is 1.89 bits per heavy atom. The van der Waals surface area contributed by atoms with E-state index in [0.717, 1.165) is 22.2 Å². The SMILES string of the molecule is Cc1[nH]c2ccc(C(=O)N3CCC4(CC3)C(C(=O)O)CC(=O)N4C)cc2c1C. The molecule has 1 aromatic carbocycles. The third kappa shape index (κ3) is 2.60. The average molecular weight is 383 g/mol. The van der Waals surface area contributed by atoms with Crippen LogP contribution in [0, 0.1) is 19.8 Å². The van der Waals surface area contributed by atoms with Gasteiger partial charge in [-0.15, -0.1) is 0 Å². The highest BCUT2D eigenvalue weighted by Gasteiger charge is 2.55. The van der Waals surface area contributed by atoms with Gasteiger partial charge in [0.2, 0.25) is 5.91 Å². The summed E-state index contributed by atoms with van der Waals surface area (Å²) in [4.78, 5) is 43.6. The number of H-pyrrole nitrogens is 1. The van der Waals surface area contributed by atoms with Gasteiger partial charge in [0, 0.05) is 48.7 Å². The fraction of sp³-hybridized carbons (Fsp3) is 0.476. The number of carboxylic acids is 1. The predicted octanol–water partition coefficient (Wildman–Crippen LogP) is 2.32.